The van der Waals surface area contributed by atoms with Crippen LogP contribution in [0.15, 0.2) is 30.5 Å². The molecule has 2 saturated heterocycles. The van der Waals surface area contributed by atoms with Crippen molar-refractivity contribution in [3.8, 4) is 0 Å². The minimum atomic E-state index is -0.645. The van der Waals surface area contributed by atoms with E-state index < -0.39 is 12.2 Å². The zero-order valence-electron chi connectivity index (χ0n) is 19.2. The molecule has 0 aromatic heterocycles. The maximum atomic E-state index is 13.5. The third-order valence-corrected chi connectivity index (χ3v) is 7.68. The van der Waals surface area contributed by atoms with E-state index in [1.54, 1.807) is 4.90 Å². The van der Waals surface area contributed by atoms with Crippen LogP contribution in [0.3, 0.4) is 0 Å². The number of nitrogens with zero attached hydrogens (tertiary/aromatic N) is 1. The second kappa shape index (κ2) is 9.55. The van der Waals surface area contributed by atoms with Gasteiger partial charge in [-0.25, -0.2) is 4.39 Å². The number of halogens is 1. The Balaban J connectivity index is 1.24. The molecule has 1 unspecified atom stereocenters. The SMILES string of the molecule is C=C1CCC(N2Cc3cc(C[C@H]4OCCC[C@@H]4N[C@H]4CC[C@@H](F)CC4)ccc3C2=O)C(=O)N1. The first-order chi connectivity index (χ1) is 16.0. The lowest BCUT2D eigenvalue weighted by molar-refractivity contribution is -0.126. The van der Waals surface area contributed by atoms with E-state index in [0.717, 1.165) is 55.5 Å². The predicted molar refractivity (Wildman–Crippen MR) is 123 cm³/mol. The average molecular weight is 456 g/mol. The fourth-order valence-corrected chi connectivity index (χ4v) is 5.82. The first-order valence-electron chi connectivity index (χ1n) is 12.4. The molecule has 7 heteroatoms. The summed E-state index contributed by atoms with van der Waals surface area (Å²) in [5.74, 6) is -0.208. The van der Waals surface area contributed by atoms with Crippen LogP contribution in [-0.2, 0) is 22.5 Å². The molecule has 4 aliphatic rings. The van der Waals surface area contributed by atoms with Crippen molar-refractivity contribution in [2.24, 2.45) is 0 Å². The molecule has 0 bridgehead atoms. The molecule has 0 radical (unpaired) electrons. The Morgan fingerprint density at radius 3 is 2.76 bits per heavy atom. The van der Waals surface area contributed by atoms with Gasteiger partial charge in [0, 0.05) is 42.9 Å². The average Bonchev–Trinajstić information content (AvgIpc) is 3.12. The van der Waals surface area contributed by atoms with E-state index in [4.69, 9.17) is 4.74 Å². The number of allylic oxidation sites excluding steroid dienone is 1. The van der Waals surface area contributed by atoms with Crippen molar-refractivity contribution < 1.29 is 18.7 Å². The molecule has 178 valence electrons. The Morgan fingerprint density at radius 2 is 1.97 bits per heavy atom. The molecule has 1 saturated carbocycles. The molecule has 0 spiro atoms. The molecule has 33 heavy (non-hydrogen) atoms. The number of amides is 2. The van der Waals surface area contributed by atoms with Crippen LogP contribution in [0.4, 0.5) is 4.39 Å². The van der Waals surface area contributed by atoms with Crippen LogP contribution in [0.25, 0.3) is 0 Å². The first-order valence-corrected chi connectivity index (χ1v) is 12.4. The monoisotopic (exact) mass is 455 g/mol. The Kier molecular flexibility index (Phi) is 6.52. The largest absolute Gasteiger partial charge is 0.376 e. The third kappa shape index (κ3) is 4.85. The summed E-state index contributed by atoms with van der Waals surface area (Å²) >= 11 is 0. The number of fused-ring (bicyclic) bond motifs is 1. The van der Waals surface area contributed by atoms with E-state index in [1.807, 2.05) is 12.1 Å². The Bertz CT molecular complexity index is 927. The Morgan fingerprint density at radius 1 is 1.15 bits per heavy atom. The Hall–Kier alpha value is -2.25. The van der Waals surface area contributed by atoms with Crippen molar-refractivity contribution in [2.75, 3.05) is 6.61 Å². The molecule has 1 aromatic carbocycles. The van der Waals surface area contributed by atoms with E-state index in [2.05, 4.69) is 23.3 Å². The van der Waals surface area contributed by atoms with E-state index in [-0.39, 0.29) is 24.0 Å². The fourth-order valence-electron chi connectivity index (χ4n) is 5.82. The van der Waals surface area contributed by atoms with Gasteiger partial charge in [-0.1, -0.05) is 18.7 Å². The van der Waals surface area contributed by atoms with Crippen LogP contribution >= 0.6 is 0 Å². The number of hydrogen-bond acceptors (Lipinski definition) is 4. The van der Waals surface area contributed by atoms with E-state index in [1.165, 1.54) is 0 Å². The normalized spacial score (nSPS) is 32.6. The van der Waals surface area contributed by atoms with Crippen LogP contribution < -0.4 is 10.6 Å². The summed E-state index contributed by atoms with van der Waals surface area (Å²) in [6.07, 6.45) is 6.71. The topological polar surface area (TPSA) is 70.7 Å². The molecule has 6 nitrogen and oxygen atoms in total. The third-order valence-electron chi connectivity index (χ3n) is 7.68. The standard InChI is InChI=1S/C26H34FN3O3/c1-16-4-11-23(25(31)28-16)30-15-18-13-17(5-10-21(18)26(30)32)14-24-22(3-2-12-33-24)29-20-8-6-19(27)7-9-20/h5,10,13,19-20,22-24,29H,1-4,6-9,11-12,14-15H2,(H,28,31)/t19-,20+,22-,23?,24+/m0/s1. The van der Waals surface area contributed by atoms with Gasteiger partial charge in [0.2, 0.25) is 5.91 Å². The van der Waals surface area contributed by atoms with Gasteiger partial charge in [-0.05, 0) is 68.6 Å². The van der Waals surface area contributed by atoms with Crippen molar-refractivity contribution >= 4 is 11.8 Å². The van der Waals surface area contributed by atoms with Crippen molar-refractivity contribution in [3.63, 3.8) is 0 Å². The summed E-state index contributed by atoms with van der Waals surface area (Å²) in [6.45, 7) is 5.06. The summed E-state index contributed by atoms with van der Waals surface area (Å²) in [5.41, 5.74) is 3.54. The smallest absolute Gasteiger partial charge is 0.255 e. The number of ether oxygens (including phenoxy) is 1. The van der Waals surface area contributed by atoms with Crippen LogP contribution in [0.2, 0.25) is 0 Å². The lowest BCUT2D eigenvalue weighted by Gasteiger charge is -2.37. The molecule has 1 aromatic rings. The van der Waals surface area contributed by atoms with Gasteiger partial charge in [0.05, 0.1) is 6.10 Å². The van der Waals surface area contributed by atoms with Gasteiger partial charge in [0.15, 0.2) is 0 Å². The van der Waals surface area contributed by atoms with Gasteiger partial charge in [-0.2, -0.15) is 0 Å². The van der Waals surface area contributed by atoms with E-state index >= 15 is 0 Å². The number of rotatable bonds is 5. The molecule has 2 N–H and O–H groups in total. The van der Waals surface area contributed by atoms with Gasteiger partial charge in [-0.15, -0.1) is 0 Å². The molecule has 3 fully saturated rings. The lowest BCUT2D eigenvalue weighted by atomic mass is 9.90. The van der Waals surface area contributed by atoms with Gasteiger partial charge < -0.3 is 20.3 Å². The second-order valence-corrected chi connectivity index (χ2v) is 10.0. The quantitative estimate of drug-likeness (QED) is 0.714. The zero-order valence-corrected chi connectivity index (χ0v) is 19.2. The lowest BCUT2D eigenvalue weighted by Crippen LogP contribution is -2.50. The minimum Gasteiger partial charge on any atom is -0.376 e. The summed E-state index contributed by atoms with van der Waals surface area (Å²) in [5, 5.41) is 6.55. The molecule has 3 heterocycles. The van der Waals surface area contributed by atoms with Crippen molar-refractivity contribution in [1.29, 1.82) is 0 Å². The number of nitrogens with one attached hydrogen (secondary N) is 2. The van der Waals surface area contributed by atoms with Crippen LogP contribution in [-0.4, -0.2) is 53.7 Å². The maximum Gasteiger partial charge on any atom is 0.255 e. The van der Waals surface area contributed by atoms with Gasteiger partial charge in [-0.3, -0.25) is 9.59 Å². The van der Waals surface area contributed by atoms with Crippen molar-refractivity contribution in [2.45, 2.75) is 94.7 Å². The molecule has 3 aliphatic heterocycles. The van der Waals surface area contributed by atoms with Crippen LogP contribution in [0, 0.1) is 0 Å². The van der Waals surface area contributed by atoms with Crippen molar-refractivity contribution in [3.05, 3.63) is 47.2 Å². The fraction of sp³-hybridized carbons (Fsp3) is 0.615. The van der Waals surface area contributed by atoms with E-state index in [0.29, 0.717) is 43.8 Å². The minimum absolute atomic E-state index is 0.0684. The summed E-state index contributed by atoms with van der Waals surface area (Å²) in [4.78, 5) is 27.1. The molecule has 1 aliphatic carbocycles. The van der Waals surface area contributed by atoms with Gasteiger partial charge in [0.1, 0.15) is 12.2 Å². The van der Waals surface area contributed by atoms with E-state index in [9.17, 15) is 14.0 Å². The summed E-state index contributed by atoms with van der Waals surface area (Å²) < 4.78 is 19.7. The van der Waals surface area contributed by atoms with Gasteiger partial charge in [0.25, 0.3) is 5.91 Å². The zero-order chi connectivity index (χ0) is 22.9. The molecular formula is C26H34FN3O3. The highest BCUT2D eigenvalue weighted by Crippen LogP contribution is 2.30. The number of carbonyl (C=O) groups is 2. The van der Waals surface area contributed by atoms with Crippen LogP contribution in [0.1, 0.15) is 72.9 Å². The summed E-state index contributed by atoms with van der Waals surface area (Å²) in [6, 6.07) is 6.23. The number of alkyl halides is 1. The molecule has 3 atom stereocenters. The number of piperidine rings is 1. The number of hydrogen-bond donors (Lipinski definition) is 2. The Labute approximate surface area is 194 Å². The van der Waals surface area contributed by atoms with Crippen molar-refractivity contribution in [1.82, 2.24) is 15.5 Å². The maximum absolute atomic E-state index is 13.5. The first kappa shape index (κ1) is 22.5. The highest BCUT2D eigenvalue weighted by Gasteiger charge is 2.38. The number of benzene rings is 1. The second-order valence-electron chi connectivity index (χ2n) is 10.0. The van der Waals surface area contributed by atoms with Gasteiger partial charge >= 0.3 is 0 Å². The predicted octanol–water partition coefficient (Wildman–Crippen LogP) is 3.40. The highest BCUT2D eigenvalue weighted by atomic mass is 19.1. The van der Waals surface area contributed by atoms with Crippen LogP contribution in [0.5, 0.6) is 0 Å². The molecule has 5 rings (SSSR count). The highest BCUT2D eigenvalue weighted by molar-refractivity contribution is 6.01. The molecule has 2 amide bonds. The number of carbonyl (C=O) groups excluding carboxylic acids is 2. The summed E-state index contributed by atoms with van der Waals surface area (Å²) in [7, 11) is 0. The molecular weight excluding hydrogens is 421 g/mol.